The van der Waals surface area contributed by atoms with E-state index >= 15 is 0 Å². The lowest BCUT2D eigenvalue weighted by molar-refractivity contribution is -0.123. The number of carbonyl (C=O) groups excluding carboxylic acids is 2. The van der Waals surface area contributed by atoms with E-state index in [0.29, 0.717) is 18.0 Å². The molecule has 1 unspecified atom stereocenters. The van der Waals surface area contributed by atoms with Gasteiger partial charge in [0.05, 0.1) is 6.54 Å². The van der Waals surface area contributed by atoms with Gasteiger partial charge in [-0.05, 0) is 37.9 Å². The fourth-order valence-electron chi connectivity index (χ4n) is 2.38. The van der Waals surface area contributed by atoms with E-state index in [1.165, 1.54) is 12.8 Å². The molecule has 0 radical (unpaired) electrons. The van der Waals surface area contributed by atoms with Crippen LogP contribution < -0.4 is 16.6 Å². The maximum Gasteiger partial charge on any atom is 0.269 e. The first-order valence-corrected chi connectivity index (χ1v) is 7.16. The van der Waals surface area contributed by atoms with Gasteiger partial charge in [-0.15, -0.1) is 0 Å². The molecule has 1 fully saturated rings. The Hall–Kier alpha value is -1.92. The molecule has 0 aliphatic heterocycles. The zero-order valence-electron chi connectivity index (χ0n) is 12.2. The third-order valence-corrected chi connectivity index (χ3v) is 3.72. The summed E-state index contributed by atoms with van der Waals surface area (Å²) in [7, 11) is 1.88. The second-order valence-electron chi connectivity index (χ2n) is 5.42. The van der Waals surface area contributed by atoms with Crippen molar-refractivity contribution in [3.05, 3.63) is 35.9 Å². The number of rotatable bonds is 6. The number of hydrogen-bond acceptors (Lipinski definition) is 4. The Morgan fingerprint density at radius 3 is 2.52 bits per heavy atom. The number of nitrogens with zero attached hydrogens (tertiary/aromatic N) is 1. The molecular weight excluding hydrogens is 268 g/mol. The van der Waals surface area contributed by atoms with Crippen LogP contribution in [0.15, 0.2) is 30.3 Å². The Labute approximate surface area is 124 Å². The predicted molar refractivity (Wildman–Crippen MR) is 80.2 cm³/mol. The van der Waals surface area contributed by atoms with Crippen molar-refractivity contribution in [1.29, 1.82) is 0 Å². The van der Waals surface area contributed by atoms with Gasteiger partial charge in [-0.25, -0.2) is 0 Å². The Balaban J connectivity index is 1.75. The van der Waals surface area contributed by atoms with Crippen molar-refractivity contribution in [3.63, 3.8) is 0 Å². The molecule has 2 amide bonds. The van der Waals surface area contributed by atoms with Gasteiger partial charge in [-0.3, -0.25) is 25.3 Å². The smallest absolute Gasteiger partial charge is 0.269 e. The molecule has 4 N–H and O–H groups in total. The van der Waals surface area contributed by atoms with Crippen LogP contribution in [-0.2, 0) is 4.79 Å². The van der Waals surface area contributed by atoms with Crippen LogP contribution in [0.4, 0.5) is 0 Å². The molecule has 0 bridgehead atoms. The van der Waals surface area contributed by atoms with Crippen LogP contribution in [0.25, 0.3) is 0 Å². The molecule has 21 heavy (non-hydrogen) atoms. The summed E-state index contributed by atoms with van der Waals surface area (Å²) < 4.78 is 0. The summed E-state index contributed by atoms with van der Waals surface area (Å²) >= 11 is 0. The standard InChI is InChI=1S/C15H22N4O2/c1-19(13(9-16)11-7-8-11)10-14(20)17-18-15(21)12-5-3-2-4-6-12/h2-6,11,13H,7-10,16H2,1H3,(H,17,20)(H,18,21). The second kappa shape index (κ2) is 7.19. The average molecular weight is 290 g/mol. The summed E-state index contributed by atoms with van der Waals surface area (Å²) in [6.07, 6.45) is 2.36. The highest BCUT2D eigenvalue weighted by Crippen LogP contribution is 2.34. The van der Waals surface area contributed by atoms with Crippen LogP contribution in [0, 0.1) is 5.92 Å². The second-order valence-corrected chi connectivity index (χ2v) is 5.42. The van der Waals surface area contributed by atoms with Crippen LogP contribution in [0.5, 0.6) is 0 Å². The maximum absolute atomic E-state index is 11.8. The largest absolute Gasteiger partial charge is 0.329 e. The highest BCUT2D eigenvalue weighted by molar-refractivity contribution is 5.95. The topological polar surface area (TPSA) is 87.5 Å². The summed E-state index contributed by atoms with van der Waals surface area (Å²) in [5.41, 5.74) is 11.1. The van der Waals surface area contributed by atoms with Gasteiger partial charge in [0.1, 0.15) is 0 Å². The molecule has 1 aliphatic rings. The lowest BCUT2D eigenvalue weighted by atomic mass is 10.1. The van der Waals surface area contributed by atoms with E-state index in [4.69, 9.17) is 5.73 Å². The first-order valence-electron chi connectivity index (χ1n) is 7.16. The summed E-state index contributed by atoms with van der Waals surface area (Å²) in [6.45, 7) is 0.762. The van der Waals surface area contributed by atoms with E-state index in [9.17, 15) is 9.59 Å². The van der Waals surface area contributed by atoms with Gasteiger partial charge in [0, 0.05) is 18.2 Å². The average Bonchev–Trinajstić information content (AvgIpc) is 3.31. The molecular formula is C15H22N4O2. The van der Waals surface area contributed by atoms with Gasteiger partial charge >= 0.3 is 0 Å². The lowest BCUT2D eigenvalue weighted by Gasteiger charge is -2.26. The van der Waals surface area contributed by atoms with Gasteiger partial charge < -0.3 is 5.73 Å². The van der Waals surface area contributed by atoms with Crippen LogP contribution >= 0.6 is 0 Å². The molecule has 6 nitrogen and oxygen atoms in total. The minimum absolute atomic E-state index is 0.216. The number of hydrazine groups is 1. The first-order chi connectivity index (χ1) is 10.1. The van der Waals surface area contributed by atoms with Crippen LogP contribution in [-0.4, -0.2) is 42.9 Å². The van der Waals surface area contributed by atoms with E-state index < -0.39 is 0 Å². The number of hydrogen-bond donors (Lipinski definition) is 3. The maximum atomic E-state index is 11.8. The van der Waals surface area contributed by atoms with Crippen LogP contribution in [0.2, 0.25) is 0 Å². The normalized spacial score (nSPS) is 15.6. The molecule has 6 heteroatoms. The lowest BCUT2D eigenvalue weighted by Crippen LogP contribution is -2.49. The Morgan fingerprint density at radius 2 is 1.95 bits per heavy atom. The van der Waals surface area contributed by atoms with Crippen molar-refractivity contribution < 1.29 is 9.59 Å². The van der Waals surface area contributed by atoms with Crippen molar-refractivity contribution in [2.75, 3.05) is 20.1 Å². The minimum Gasteiger partial charge on any atom is -0.329 e. The quantitative estimate of drug-likeness (QED) is 0.649. The minimum atomic E-state index is -0.329. The number of likely N-dealkylation sites (N-methyl/N-ethyl adjacent to an activating group) is 1. The zero-order chi connectivity index (χ0) is 15.2. The zero-order valence-corrected chi connectivity index (χ0v) is 12.2. The molecule has 1 aromatic rings. The molecule has 2 rings (SSSR count). The third-order valence-electron chi connectivity index (χ3n) is 3.72. The summed E-state index contributed by atoms with van der Waals surface area (Å²) in [5.74, 6) is 0.0248. The molecule has 1 atom stereocenters. The van der Waals surface area contributed by atoms with Crippen molar-refractivity contribution in [2.24, 2.45) is 11.7 Å². The van der Waals surface area contributed by atoms with E-state index in [1.807, 2.05) is 18.0 Å². The van der Waals surface area contributed by atoms with Gasteiger partial charge in [-0.1, -0.05) is 18.2 Å². The fourth-order valence-corrected chi connectivity index (χ4v) is 2.38. The number of carbonyl (C=O) groups is 2. The van der Waals surface area contributed by atoms with Crippen molar-refractivity contribution in [2.45, 2.75) is 18.9 Å². The van der Waals surface area contributed by atoms with E-state index in [1.54, 1.807) is 24.3 Å². The number of amides is 2. The number of nitrogens with one attached hydrogen (secondary N) is 2. The van der Waals surface area contributed by atoms with E-state index in [2.05, 4.69) is 10.9 Å². The summed E-state index contributed by atoms with van der Waals surface area (Å²) in [4.78, 5) is 25.6. The molecule has 1 saturated carbocycles. The number of benzene rings is 1. The van der Waals surface area contributed by atoms with E-state index in [-0.39, 0.29) is 24.4 Å². The highest BCUT2D eigenvalue weighted by atomic mass is 16.2. The fraction of sp³-hybridized carbons (Fsp3) is 0.467. The van der Waals surface area contributed by atoms with Gasteiger partial charge in [0.15, 0.2) is 0 Å². The van der Waals surface area contributed by atoms with Crippen LogP contribution in [0.3, 0.4) is 0 Å². The molecule has 1 aromatic carbocycles. The van der Waals surface area contributed by atoms with Gasteiger partial charge in [0.2, 0.25) is 0 Å². The van der Waals surface area contributed by atoms with Crippen molar-refractivity contribution in [3.8, 4) is 0 Å². The highest BCUT2D eigenvalue weighted by Gasteiger charge is 2.33. The van der Waals surface area contributed by atoms with Crippen LogP contribution in [0.1, 0.15) is 23.2 Å². The molecule has 0 heterocycles. The van der Waals surface area contributed by atoms with Gasteiger partial charge in [-0.2, -0.15) is 0 Å². The SMILES string of the molecule is CN(CC(=O)NNC(=O)c1ccccc1)C(CN)C1CC1. The van der Waals surface area contributed by atoms with Crippen molar-refractivity contribution in [1.82, 2.24) is 15.8 Å². The first kappa shape index (κ1) is 15.5. The van der Waals surface area contributed by atoms with Gasteiger partial charge in [0.25, 0.3) is 11.8 Å². The monoisotopic (exact) mass is 290 g/mol. The molecule has 114 valence electrons. The summed E-state index contributed by atoms with van der Waals surface area (Å²) in [6, 6.07) is 8.98. The molecule has 0 aromatic heterocycles. The third kappa shape index (κ3) is 4.54. The number of nitrogens with two attached hydrogens (primary N) is 1. The Kier molecular flexibility index (Phi) is 5.30. The summed E-state index contributed by atoms with van der Waals surface area (Å²) in [5, 5.41) is 0. The van der Waals surface area contributed by atoms with E-state index in [0.717, 1.165) is 0 Å². The molecule has 0 spiro atoms. The molecule has 1 aliphatic carbocycles. The van der Waals surface area contributed by atoms with Crippen molar-refractivity contribution >= 4 is 11.8 Å². The Morgan fingerprint density at radius 1 is 1.29 bits per heavy atom. The predicted octanol–water partition coefficient (Wildman–Crippen LogP) is 0.117. The Bertz CT molecular complexity index is 488. The molecule has 0 saturated heterocycles.